The number of nitrogens with zero attached hydrogens (tertiary/aromatic N) is 2. The van der Waals surface area contributed by atoms with Crippen molar-refractivity contribution in [2.75, 3.05) is 52.3 Å². The number of sulfonamides is 1. The lowest BCUT2D eigenvalue weighted by Gasteiger charge is -2.34. The zero-order valence-electron chi connectivity index (χ0n) is 19.4. The summed E-state index contributed by atoms with van der Waals surface area (Å²) in [5, 5.41) is 3.17. The number of hydrogen-bond acceptors (Lipinski definition) is 6. The van der Waals surface area contributed by atoms with E-state index in [1.165, 1.54) is 9.87 Å². The summed E-state index contributed by atoms with van der Waals surface area (Å²) in [4.78, 5) is 14.8. The maximum absolute atomic E-state index is 13.1. The van der Waals surface area contributed by atoms with E-state index in [9.17, 15) is 13.2 Å². The van der Waals surface area contributed by atoms with E-state index < -0.39 is 10.0 Å². The molecule has 1 N–H and O–H groups in total. The molecule has 0 bridgehead atoms. The topological polar surface area (TPSA) is 88.2 Å². The molecule has 0 spiro atoms. The van der Waals surface area contributed by atoms with Crippen LogP contribution >= 0.6 is 0 Å². The smallest absolute Gasteiger partial charge is 0.243 e. The number of hydrogen-bond donors (Lipinski definition) is 1. The number of aryl methyl sites for hydroxylation is 3. The average Bonchev–Trinajstić information content (AvgIpc) is 3.31. The van der Waals surface area contributed by atoms with Gasteiger partial charge in [-0.05, 0) is 61.1 Å². The van der Waals surface area contributed by atoms with Crippen molar-refractivity contribution in [3.8, 4) is 11.5 Å². The quantitative estimate of drug-likeness (QED) is 0.665. The summed E-state index contributed by atoms with van der Waals surface area (Å²) >= 11 is 0. The number of rotatable bonds is 7. The van der Waals surface area contributed by atoms with Crippen LogP contribution in [0.5, 0.6) is 11.5 Å². The minimum atomic E-state index is -3.55. The van der Waals surface area contributed by atoms with Crippen molar-refractivity contribution in [2.24, 2.45) is 0 Å². The molecule has 1 heterocycles. The second-order valence-corrected chi connectivity index (χ2v) is 10.4. The molecule has 1 amide bonds. The first-order chi connectivity index (χ1) is 15.8. The van der Waals surface area contributed by atoms with Crippen LogP contribution in [-0.4, -0.2) is 70.5 Å². The molecule has 8 nitrogen and oxygen atoms in total. The molecule has 1 fully saturated rings. The van der Waals surface area contributed by atoms with Gasteiger partial charge in [-0.25, -0.2) is 8.42 Å². The molecule has 1 saturated heterocycles. The van der Waals surface area contributed by atoms with Crippen molar-refractivity contribution in [3.05, 3.63) is 47.0 Å². The molecule has 0 saturated carbocycles. The molecule has 0 radical (unpaired) electrons. The maximum Gasteiger partial charge on any atom is 0.243 e. The number of anilines is 1. The Hall–Kier alpha value is -2.78. The van der Waals surface area contributed by atoms with Crippen LogP contribution in [0.15, 0.2) is 35.2 Å². The van der Waals surface area contributed by atoms with Gasteiger partial charge < -0.3 is 19.7 Å². The molecule has 1 aliphatic heterocycles. The molecule has 0 atom stereocenters. The van der Waals surface area contributed by atoms with Crippen molar-refractivity contribution in [3.63, 3.8) is 0 Å². The Kier molecular flexibility index (Phi) is 6.81. The highest BCUT2D eigenvalue weighted by Gasteiger charge is 2.30. The Balaban J connectivity index is 1.35. The summed E-state index contributed by atoms with van der Waals surface area (Å²) in [6, 6.07) is 9.14. The number of piperazine rings is 1. The van der Waals surface area contributed by atoms with Crippen LogP contribution in [0.4, 0.5) is 5.69 Å². The number of methoxy groups -OCH3 is 2. The largest absolute Gasteiger partial charge is 0.493 e. The summed E-state index contributed by atoms with van der Waals surface area (Å²) in [6.07, 6.45) is 3.04. The van der Waals surface area contributed by atoms with Gasteiger partial charge in [0.2, 0.25) is 15.9 Å². The number of amides is 1. The van der Waals surface area contributed by atoms with Crippen LogP contribution < -0.4 is 14.8 Å². The molecule has 1 aliphatic carbocycles. The third-order valence-corrected chi connectivity index (χ3v) is 8.35. The molecule has 0 aromatic heterocycles. The van der Waals surface area contributed by atoms with E-state index in [1.54, 1.807) is 25.2 Å². The first kappa shape index (κ1) is 23.4. The highest BCUT2D eigenvalue weighted by molar-refractivity contribution is 7.89. The Morgan fingerprint density at radius 2 is 1.64 bits per heavy atom. The van der Waals surface area contributed by atoms with E-state index in [4.69, 9.17) is 9.47 Å². The summed E-state index contributed by atoms with van der Waals surface area (Å²) < 4.78 is 38.3. The van der Waals surface area contributed by atoms with Gasteiger partial charge >= 0.3 is 0 Å². The molecule has 4 rings (SSSR count). The lowest BCUT2D eigenvalue weighted by molar-refractivity contribution is -0.130. The van der Waals surface area contributed by atoms with Crippen molar-refractivity contribution in [1.29, 1.82) is 0 Å². The molecule has 2 aromatic rings. The minimum Gasteiger partial charge on any atom is -0.493 e. The number of benzene rings is 2. The number of fused-ring (bicyclic) bond motifs is 1. The van der Waals surface area contributed by atoms with Gasteiger partial charge in [-0.2, -0.15) is 4.31 Å². The van der Waals surface area contributed by atoms with Gasteiger partial charge in [0.05, 0.1) is 25.7 Å². The fraction of sp³-hybridized carbons (Fsp3) is 0.458. The van der Waals surface area contributed by atoms with E-state index in [2.05, 4.69) is 5.32 Å². The van der Waals surface area contributed by atoms with E-state index >= 15 is 0 Å². The van der Waals surface area contributed by atoms with Gasteiger partial charge in [-0.15, -0.1) is 0 Å². The molecule has 2 aromatic carbocycles. The van der Waals surface area contributed by atoms with Crippen LogP contribution in [0, 0.1) is 6.92 Å². The fourth-order valence-corrected chi connectivity index (χ4v) is 5.96. The SMILES string of the molecule is COc1cc(C)c(NCC(=O)N2CCN(S(=O)(=O)c3ccc4c(c3)CCC4)CC2)cc1OC. The summed E-state index contributed by atoms with van der Waals surface area (Å²) in [5.74, 6) is 1.15. The lowest BCUT2D eigenvalue weighted by atomic mass is 10.1. The first-order valence-electron chi connectivity index (χ1n) is 11.2. The molecule has 0 unspecified atom stereocenters. The molecular formula is C24H31N3O5S. The van der Waals surface area contributed by atoms with E-state index in [0.717, 1.165) is 36.1 Å². The second kappa shape index (κ2) is 9.61. The minimum absolute atomic E-state index is 0.0706. The van der Waals surface area contributed by atoms with Crippen LogP contribution in [0.2, 0.25) is 0 Å². The van der Waals surface area contributed by atoms with Crippen molar-refractivity contribution in [1.82, 2.24) is 9.21 Å². The third-order valence-electron chi connectivity index (χ3n) is 6.46. The van der Waals surface area contributed by atoms with Crippen LogP contribution in [0.1, 0.15) is 23.1 Å². The van der Waals surface area contributed by atoms with Gasteiger partial charge in [0, 0.05) is 37.9 Å². The van der Waals surface area contributed by atoms with Crippen molar-refractivity contribution in [2.45, 2.75) is 31.1 Å². The summed E-state index contributed by atoms with van der Waals surface area (Å²) in [5.41, 5.74) is 4.12. The van der Waals surface area contributed by atoms with Gasteiger partial charge in [0.1, 0.15) is 0 Å². The second-order valence-electron chi connectivity index (χ2n) is 8.44. The lowest BCUT2D eigenvalue weighted by Crippen LogP contribution is -2.51. The highest BCUT2D eigenvalue weighted by Crippen LogP contribution is 2.33. The van der Waals surface area contributed by atoms with Crippen molar-refractivity contribution < 1.29 is 22.7 Å². The van der Waals surface area contributed by atoms with Gasteiger partial charge in [-0.1, -0.05) is 6.07 Å². The number of carbonyl (C=O) groups excluding carboxylic acids is 1. The number of ether oxygens (including phenoxy) is 2. The molecule has 2 aliphatic rings. The van der Waals surface area contributed by atoms with Gasteiger partial charge in [-0.3, -0.25) is 4.79 Å². The zero-order chi connectivity index (χ0) is 23.6. The Morgan fingerprint density at radius 3 is 2.33 bits per heavy atom. The van der Waals surface area contributed by atoms with Gasteiger partial charge in [0.25, 0.3) is 0 Å². The summed E-state index contributed by atoms with van der Waals surface area (Å²) in [7, 11) is -0.405. The third kappa shape index (κ3) is 4.79. The summed E-state index contributed by atoms with van der Waals surface area (Å²) in [6.45, 7) is 3.37. The maximum atomic E-state index is 13.1. The van der Waals surface area contributed by atoms with Gasteiger partial charge in [0.15, 0.2) is 11.5 Å². The zero-order valence-corrected chi connectivity index (χ0v) is 20.2. The molecule has 9 heteroatoms. The Morgan fingerprint density at radius 1 is 0.970 bits per heavy atom. The molecule has 178 valence electrons. The molecular weight excluding hydrogens is 442 g/mol. The van der Waals surface area contributed by atoms with E-state index in [0.29, 0.717) is 42.6 Å². The van der Waals surface area contributed by atoms with Crippen molar-refractivity contribution >= 4 is 21.6 Å². The predicted octanol–water partition coefficient (Wildman–Crippen LogP) is 2.45. The molecule has 33 heavy (non-hydrogen) atoms. The van der Waals surface area contributed by atoms with Crippen LogP contribution in [-0.2, 0) is 27.7 Å². The Bertz CT molecular complexity index is 1140. The van der Waals surface area contributed by atoms with Crippen LogP contribution in [0.3, 0.4) is 0 Å². The highest BCUT2D eigenvalue weighted by atomic mass is 32.2. The predicted molar refractivity (Wildman–Crippen MR) is 127 cm³/mol. The normalized spacial score (nSPS) is 16.4. The van der Waals surface area contributed by atoms with E-state index in [-0.39, 0.29) is 12.5 Å². The Labute approximate surface area is 195 Å². The standard InChI is InChI=1S/C24H31N3O5S/c1-17-13-22(31-2)23(32-3)15-21(17)25-16-24(28)26-9-11-27(12-10-26)33(29,30)20-8-7-18-5-4-6-19(18)14-20/h7-8,13-15,25H,4-6,9-12,16H2,1-3H3. The monoisotopic (exact) mass is 473 g/mol. The average molecular weight is 474 g/mol. The van der Waals surface area contributed by atoms with E-state index in [1.807, 2.05) is 31.2 Å². The number of nitrogens with one attached hydrogen (secondary N) is 1. The fourth-order valence-electron chi connectivity index (χ4n) is 4.49. The first-order valence-corrected chi connectivity index (χ1v) is 12.6. The van der Waals surface area contributed by atoms with Crippen LogP contribution in [0.25, 0.3) is 0 Å². The number of carbonyl (C=O) groups is 1.